The summed E-state index contributed by atoms with van der Waals surface area (Å²) in [6.45, 7) is 12.7. The van der Waals surface area contributed by atoms with Crippen molar-refractivity contribution >= 4 is 28.9 Å². The van der Waals surface area contributed by atoms with Gasteiger partial charge in [-0.05, 0) is 32.1 Å². The Kier molecular flexibility index (Phi) is 7.13. The lowest BCUT2D eigenvalue weighted by atomic mass is 9.93. The molecule has 0 aromatic carbocycles. The lowest BCUT2D eigenvalue weighted by Gasteiger charge is -2.31. The molecule has 1 aliphatic rings. The first kappa shape index (κ1) is 20.8. The molecule has 1 fully saturated rings. The van der Waals surface area contributed by atoms with Crippen LogP contribution in [0.3, 0.4) is 0 Å². The Hall–Kier alpha value is -1.24. The zero-order valence-corrected chi connectivity index (χ0v) is 16.4. The molecule has 0 spiro atoms. The first-order valence-corrected chi connectivity index (χ1v) is 9.24. The molecule has 1 heterocycles. The van der Waals surface area contributed by atoms with E-state index in [4.69, 9.17) is 4.74 Å². The minimum absolute atomic E-state index is 0.0859. The second-order valence-corrected chi connectivity index (χ2v) is 9.36. The van der Waals surface area contributed by atoms with Crippen molar-refractivity contribution < 1.29 is 19.1 Å². The summed E-state index contributed by atoms with van der Waals surface area (Å²) in [4.78, 5) is 36.8. The van der Waals surface area contributed by atoms with Crippen molar-refractivity contribution in [3.05, 3.63) is 0 Å². The number of alkyl carbamates (subject to hydrolysis) is 1. The number of thioether (sulfide) groups is 1. The maximum Gasteiger partial charge on any atom is 0.407 e. The van der Waals surface area contributed by atoms with Gasteiger partial charge in [0.15, 0.2) is 5.12 Å². The van der Waals surface area contributed by atoms with Gasteiger partial charge in [0.1, 0.15) is 5.60 Å². The van der Waals surface area contributed by atoms with E-state index in [1.807, 2.05) is 39.5 Å². The number of nitrogens with zero attached hydrogens (tertiary/aromatic N) is 1. The third-order valence-electron chi connectivity index (χ3n) is 3.55. The minimum Gasteiger partial charge on any atom is -0.444 e. The van der Waals surface area contributed by atoms with Crippen LogP contribution in [0.1, 0.15) is 48.0 Å². The highest BCUT2D eigenvalue weighted by atomic mass is 32.2. The summed E-state index contributed by atoms with van der Waals surface area (Å²) in [5, 5.41) is 2.86. The molecule has 6 nitrogen and oxygen atoms in total. The highest BCUT2D eigenvalue weighted by Gasteiger charge is 2.33. The van der Waals surface area contributed by atoms with Gasteiger partial charge in [-0.2, -0.15) is 0 Å². The van der Waals surface area contributed by atoms with Gasteiger partial charge in [-0.25, -0.2) is 4.79 Å². The molecule has 24 heavy (non-hydrogen) atoms. The van der Waals surface area contributed by atoms with Crippen LogP contribution in [-0.4, -0.2) is 53.0 Å². The van der Waals surface area contributed by atoms with E-state index in [2.05, 4.69) is 5.32 Å². The van der Waals surface area contributed by atoms with E-state index in [0.29, 0.717) is 31.8 Å². The van der Waals surface area contributed by atoms with Crippen LogP contribution in [-0.2, 0) is 14.3 Å². The summed E-state index contributed by atoms with van der Waals surface area (Å²) in [7, 11) is 0. The molecule has 1 N–H and O–H groups in total. The highest BCUT2D eigenvalue weighted by Crippen LogP contribution is 2.26. The van der Waals surface area contributed by atoms with E-state index < -0.39 is 11.7 Å². The van der Waals surface area contributed by atoms with Crippen LogP contribution < -0.4 is 5.32 Å². The monoisotopic (exact) mass is 358 g/mol. The van der Waals surface area contributed by atoms with Gasteiger partial charge in [-0.15, -0.1) is 0 Å². The van der Waals surface area contributed by atoms with E-state index in [1.165, 1.54) is 11.8 Å². The van der Waals surface area contributed by atoms with Crippen LogP contribution in [0.4, 0.5) is 4.79 Å². The van der Waals surface area contributed by atoms with Crippen LogP contribution in [0.25, 0.3) is 0 Å². The Morgan fingerprint density at radius 3 is 2.46 bits per heavy atom. The van der Waals surface area contributed by atoms with Crippen LogP contribution in [0.15, 0.2) is 0 Å². The molecule has 1 atom stereocenters. The number of likely N-dealkylation sites (tertiary alicyclic amines) is 1. The third kappa shape index (κ3) is 8.04. The summed E-state index contributed by atoms with van der Waals surface area (Å²) < 4.78 is 5.23. The second-order valence-electron chi connectivity index (χ2n) is 8.17. The predicted octanol–water partition coefficient (Wildman–Crippen LogP) is 2.67. The minimum atomic E-state index is -0.527. The van der Waals surface area contributed by atoms with Gasteiger partial charge in [-0.1, -0.05) is 25.6 Å². The molecule has 0 saturated carbocycles. The second kappa shape index (κ2) is 8.23. The average molecular weight is 359 g/mol. The Balaban J connectivity index is 2.44. The van der Waals surface area contributed by atoms with Crippen molar-refractivity contribution in [3.63, 3.8) is 0 Å². The molecule has 0 bridgehead atoms. The number of carbonyl (C=O) groups is 3. The molecular weight excluding hydrogens is 328 g/mol. The molecule has 7 heteroatoms. The Morgan fingerprint density at radius 2 is 1.92 bits per heavy atom. The number of amides is 2. The molecule has 0 aromatic heterocycles. The zero-order chi connectivity index (χ0) is 18.5. The predicted molar refractivity (Wildman–Crippen MR) is 95.8 cm³/mol. The molecule has 0 aliphatic carbocycles. The smallest absolute Gasteiger partial charge is 0.407 e. The topological polar surface area (TPSA) is 75.7 Å². The van der Waals surface area contributed by atoms with Crippen LogP contribution in [0, 0.1) is 11.3 Å². The third-order valence-corrected chi connectivity index (χ3v) is 4.59. The lowest BCUT2D eigenvalue weighted by Crippen LogP contribution is -2.44. The van der Waals surface area contributed by atoms with E-state index in [1.54, 1.807) is 6.92 Å². The van der Waals surface area contributed by atoms with Gasteiger partial charge in [0.05, 0.1) is 0 Å². The molecule has 1 unspecified atom stereocenters. The van der Waals surface area contributed by atoms with Crippen molar-refractivity contribution in [2.45, 2.75) is 53.6 Å². The van der Waals surface area contributed by atoms with Crippen molar-refractivity contribution in [2.24, 2.45) is 11.3 Å². The number of ether oxygens (including phenoxy) is 1. The van der Waals surface area contributed by atoms with Crippen molar-refractivity contribution in [1.82, 2.24) is 10.2 Å². The fourth-order valence-corrected chi connectivity index (χ4v) is 3.25. The van der Waals surface area contributed by atoms with Crippen molar-refractivity contribution in [1.29, 1.82) is 0 Å². The molecule has 0 aromatic rings. The van der Waals surface area contributed by atoms with Gasteiger partial charge in [0, 0.05) is 38.7 Å². The fourth-order valence-electron chi connectivity index (χ4n) is 2.55. The molecular formula is C17H30N2O4S. The first-order chi connectivity index (χ1) is 10.9. The van der Waals surface area contributed by atoms with Gasteiger partial charge >= 0.3 is 6.09 Å². The number of hydrogen-bond donors (Lipinski definition) is 1. The van der Waals surface area contributed by atoms with Gasteiger partial charge in [0.2, 0.25) is 5.91 Å². The SMILES string of the molecule is CC(=O)SCC1CC(=O)N(CC(C)(C)CNC(=O)OC(C)(C)C)C1. The van der Waals surface area contributed by atoms with Crippen LogP contribution in [0.2, 0.25) is 0 Å². The quantitative estimate of drug-likeness (QED) is 0.790. The standard InChI is InChI=1S/C17H30N2O4S/c1-12(20)24-9-13-7-14(21)19(8-13)11-17(5,6)10-18-15(22)23-16(2,3)4/h13H,7-11H2,1-6H3,(H,18,22). The molecule has 1 rings (SSSR count). The maximum atomic E-state index is 12.2. The molecule has 1 aliphatic heterocycles. The zero-order valence-electron chi connectivity index (χ0n) is 15.6. The Morgan fingerprint density at radius 1 is 1.29 bits per heavy atom. The summed E-state index contributed by atoms with van der Waals surface area (Å²) in [6.07, 6.45) is 0.0506. The lowest BCUT2D eigenvalue weighted by molar-refractivity contribution is -0.128. The molecule has 1 saturated heterocycles. The maximum absolute atomic E-state index is 12.2. The fraction of sp³-hybridized carbons (Fsp3) is 0.824. The van der Waals surface area contributed by atoms with Crippen molar-refractivity contribution in [2.75, 3.05) is 25.4 Å². The Labute approximate surface area is 149 Å². The summed E-state index contributed by atoms with van der Waals surface area (Å²) in [6, 6.07) is 0. The van der Waals surface area contributed by atoms with Gasteiger partial charge < -0.3 is 15.0 Å². The number of nitrogens with one attached hydrogen (secondary N) is 1. The van der Waals surface area contributed by atoms with Gasteiger partial charge in [0.25, 0.3) is 0 Å². The van der Waals surface area contributed by atoms with Crippen molar-refractivity contribution in [3.8, 4) is 0 Å². The normalized spacial score (nSPS) is 18.7. The van der Waals surface area contributed by atoms with E-state index in [0.717, 1.165) is 0 Å². The van der Waals surface area contributed by atoms with E-state index in [9.17, 15) is 14.4 Å². The first-order valence-electron chi connectivity index (χ1n) is 8.26. The summed E-state index contributed by atoms with van der Waals surface area (Å²) in [5.41, 5.74) is -0.782. The molecule has 2 amide bonds. The highest BCUT2D eigenvalue weighted by molar-refractivity contribution is 8.13. The van der Waals surface area contributed by atoms with E-state index in [-0.39, 0.29) is 22.4 Å². The molecule has 138 valence electrons. The largest absolute Gasteiger partial charge is 0.444 e. The Bertz CT molecular complexity index is 485. The molecule has 0 radical (unpaired) electrons. The summed E-state index contributed by atoms with van der Waals surface area (Å²) in [5.74, 6) is 1.03. The summed E-state index contributed by atoms with van der Waals surface area (Å²) >= 11 is 1.28. The van der Waals surface area contributed by atoms with Gasteiger partial charge in [-0.3, -0.25) is 9.59 Å². The number of carbonyl (C=O) groups excluding carboxylic acids is 3. The van der Waals surface area contributed by atoms with E-state index >= 15 is 0 Å². The number of rotatable bonds is 6. The van der Waals surface area contributed by atoms with Crippen LogP contribution in [0.5, 0.6) is 0 Å². The number of hydrogen-bond acceptors (Lipinski definition) is 5. The van der Waals surface area contributed by atoms with Crippen LogP contribution >= 0.6 is 11.8 Å². The average Bonchev–Trinajstić information content (AvgIpc) is 2.72.